The van der Waals surface area contributed by atoms with Crippen LogP contribution in [0.2, 0.25) is 0 Å². The van der Waals surface area contributed by atoms with E-state index >= 15 is 0 Å². The molecule has 18 heavy (non-hydrogen) atoms. The van der Waals surface area contributed by atoms with Gasteiger partial charge in [0.15, 0.2) is 0 Å². The minimum absolute atomic E-state index is 0.0423. The minimum atomic E-state index is -0.631. The fourth-order valence-electron chi connectivity index (χ4n) is 1.41. The number of hydrogen-bond donors (Lipinski definition) is 2. The first kappa shape index (κ1) is 14.6. The molecule has 0 aliphatic heterocycles. The SMILES string of the molecule is C[C@@H](NC(=O)C(C)(C)C(C)(C)N)c1ccncc1. The van der Waals surface area contributed by atoms with Crippen LogP contribution in [0.5, 0.6) is 0 Å². The Labute approximate surface area is 109 Å². The van der Waals surface area contributed by atoms with Gasteiger partial charge in [-0.15, -0.1) is 0 Å². The summed E-state index contributed by atoms with van der Waals surface area (Å²) < 4.78 is 0. The molecular weight excluding hydrogens is 226 g/mol. The van der Waals surface area contributed by atoms with Crippen molar-refractivity contribution in [3.8, 4) is 0 Å². The summed E-state index contributed by atoms with van der Waals surface area (Å²) in [5.41, 5.74) is 5.88. The van der Waals surface area contributed by atoms with Gasteiger partial charge in [0.2, 0.25) is 5.91 Å². The molecule has 0 bridgehead atoms. The molecule has 0 radical (unpaired) electrons. The van der Waals surface area contributed by atoms with Gasteiger partial charge in [-0.2, -0.15) is 0 Å². The second kappa shape index (κ2) is 5.06. The van der Waals surface area contributed by atoms with Crippen LogP contribution in [0.4, 0.5) is 0 Å². The Kier molecular flexibility index (Phi) is 4.12. The van der Waals surface area contributed by atoms with E-state index in [4.69, 9.17) is 5.73 Å². The molecule has 0 saturated carbocycles. The molecule has 0 unspecified atom stereocenters. The van der Waals surface area contributed by atoms with E-state index in [-0.39, 0.29) is 11.9 Å². The summed E-state index contributed by atoms with van der Waals surface area (Å²) in [6.45, 7) is 9.41. The van der Waals surface area contributed by atoms with E-state index in [0.717, 1.165) is 5.56 Å². The van der Waals surface area contributed by atoms with E-state index < -0.39 is 11.0 Å². The van der Waals surface area contributed by atoms with Gasteiger partial charge in [0.25, 0.3) is 0 Å². The normalized spacial score (nSPS) is 14.1. The summed E-state index contributed by atoms with van der Waals surface area (Å²) in [4.78, 5) is 16.3. The van der Waals surface area contributed by atoms with Crippen LogP contribution >= 0.6 is 0 Å². The summed E-state index contributed by atoms with van der Waals surface area (Å²) in [5, 5.41) is 3.00. The van der Waals surface area contributed by atoms with E-state index in [0.29, 0.717) is 0 Å². The van der Waals surface area contributed by atoms with Crippen molar-refractivity contribution >= 4 is 5.91 Å². The molecule has 0 aromatic carbocycles. The maximum Gasteiger partial charge on any atom is 0.227 e. The van der Waals surface area contributed by atoms with Crippen LogP contribution < -0.4 is 11.1 Å². The summed E-state index contributed by atoms with van der Waals surface area (Å²) in [5.74, 6) is -0.0423. The van der Waals surface area contributed by atoms with Crippen molar-refractivity contribution in [2.75, 3.05) is 0 Å². The van der Waals surface area contributed by atoms with Crippen molar-refractivity contribution in [1.29, 1.82) is 0 Å². The van der Waals surface area contributed by atoms with Gasteiger partial charge in [0.1, 0.15) is 0 Å². The lowest BCUT2D eigenvalue weighted by Crippen LogP contribution is -2.55. The standard InChI is InChI=1S/C14H23N3O/c1-10(11-6-8-16-9-7-11)17-12(18)13(2,3)14(4,5)15/h6-10H,15H2,1-5H3,(H,17,18)/t10-/m1/s1. The quantitative estimate of drug-likeness (QED) is 0.858. The van der Waals surface area contributed by atoms with Crippen LogP contribution in [0, 0.1) is 5.41 Å². The topological polar surface area (TPSA) is 68.0 Å². The number of pyridine rings is 1. The van der Waals surface area contributed by atoms with Gasteiger partial charge in [0.05, 0.1) is 11.5 Å². The molecule has 0 fully saturated rings. The third-order valence-corrected chi connectivity index (χ3v) is 3.73. The smallest absolute Gasteiger partial charge is 0.227 e. The van der Waals surface area contributed by atoms with Crippen LogP contribution in [0.25, 0.3) is 0 Å². The molecule has 100 valence electrons. The molecular formula is C14H23N3O. The number of nitrogens with one attached hydrogen (secondary N) is 1. The fraction of sp³-hybridized carbons (Fsp3) is 0.571. The Balaban J connectivity index is 2.78. The van der Waals surface area contributed by atoms with Crippen LogP contribution in [-0.2, 0) is 4.79 Å². The second-order valence-electron chi connectivity index (χ2n) is 5.82. The number of carbonyl (C=O) groups is 1. The molecule has 0 saturated heterocycles. The first-order chi connectivity index (χ1) is 8.16. The maximum atomic E-state index is 12.3. The first-order valence-corrected chi connectivity index (χ1v) is 6.16. The molecule has 1 rings (SSSR count). The van der Waals surface area contributed by atoms with Crippen molar-refractivity contribution in [1.82, 2.24) is 10.3 Å². The van der Waals surface area contributed by atoms with Gasteiger partial charge in [0, 0.05) is 17.9 Å². The average molecular weight is 249 g/mol. The maximum absolute atomic E-state index is 12.3. The first-order valence-electron chi connectivity index (χ1n) is 6.16. The van der Waals surface area contributed by atoms with E-state index in [2.05, 4.69) is 10.3 Å². The number of aromatic nitrogens is 1. The Morgan fingerprint density at radius 2 is 1.78 bits per heavy atom. The Morgan fingerprint density at radius 3 is 2.22 bits per heavy atom. The van der Waals surface area contributed by atoms with E-state index in [9.17, 15) is 4.79 Å². The van der Waals surface area contributed by atoms with Crippen LogP contribution in [-0.4, -0.2) is 16.4 Å². The van der Waals surface area contributed by atoms with Gasteiger partial charge < -0.3 is 11.1 Å². The van der Waals surface area contributed by atoms with Crippen molar-refractivity contribution < 1.29 is 4.79 Å². The highest BCUT2D eigenvalue weighted by molar-refractivity contribution is 5.83. The van der Waals surface area contributed by atoms with Crippen molar-refractivity contribution in [3.05, 3.63) is 30.1 Å². The molecule has 1 amide bonds. The highest BCUT2D eigenvalue weighted by Crippen LogP contribution is 2.29. The van der Waals surface area contributed by atoms with Crippen molar-refractivity contribution in [3.63, 3.8) is 0 Å². The lowest BCUT2D eigenvalue weighted by Gasteiger charge is -2.37. The summed E-state index contributed by atoms with van der Waals surface area (Å²) in [6, 6.07) is 3.74. The average Bonchev–Trinajstić information content (AvgIpc) is 2.28. The fourth-order valence-corrected chi connectivity index (χ4v) is 1.41. The second-order valence-corrected chi connectivity index (χ2v) is 5.82. The lowest BCUT2D eigenvalue weighted by molar-refractivity contribution is -0.132. The highest BCUT2D eigenvalue weighted by atomic mass is 16.2. The van der Waals surface area contributed by atoms with Gasteiger partial charge in [-0.05, 0) is 52.3 Å². The summed E-state index contributed by atoms with van der Waals surface area (Å²) in [7, 11) is 0. The van der Waals surface area contributed by atoms with Crippen LogP contribution in [0.3, 0.4) is 0 Å². The Bertz CT molecular complexity index is 407. The molecule has 1 aromatic heterocycles. The monoisotopic (exact) mass is 249 g/mol. The Hall–Kier alpha value is -1.42. The number of carbonyl (C=O) groups excluding carboxylic acids is 1. The molecule has 1 aromatic rings. The minimum Gasteiger partial charge on any atom is -0.349 e. The largest absolute Gasteiger partial charge is 0.349 e. The molecule has 0 aliphatic carbocycles. The lowest BCUT2D eigenvalue weighted by atomic mass is 9.74. The van der Waals surface area contributed by atoms with E-state index in [1.807, 2.05) is 46.8 Å². The van der Waals surface area contributed by atoms with Gasteiger partial charge in [-0.1, -0.05) is 0 Å². The molecule has 3 N–H and O–H groups in total. The highest BCUT2D eigenvalue weighted by Gasteiger charge is 2.40. The molecule has 4 heteroatoms. The zero-order chi connectivity index (χ0) is 14.0. The number of nitrogens with zero attached hydrogens (tertiary/aromatic N) is 1. The Morgan fingerprint density at radius 1 is 1.28 bits per heavy atom. The molecule has 0 spiro atoms. The number of rotatable bonds is 4. The van der Waals surface area contributed by atoms with Crippen molar-refractivity contribution in [2.24, 2.45) is 11.1 Å². The van der Waals surface area contributed by atoms with E-state index in [1.165, 1.54) is 0 Å². The molecule has 0 aliphatic rings. The zero-order valence-corrected chi connectivity index (χ0v) is 11.8. The zero-order valence-electron chi connectivity index (χ0n) is 11.8. The molecule has 1 atom stereocenters. The third kappa shape index (κ3) is 3.07. The molecule has 4 nitrogen and oxygen atoms in total. The predicted molar refractivity (Wildman–Crippen MR) is 72.8 cm³/mol. The van der Waals surface area contributed by atoms with Gasteiger partial charge in [-0.25, -0.2) is 0 Å². The predicted octanol–water partition coefficient (Wildman–Crippen LogP) is 2.02. The summed E-state index contributed by atoms with van der Waals surface area (Å²) >= 11 is 0. The number of hydrogen-bond acceptors (Lipinski definition) is 3. The summed E-state index contributed by atoms with van der Waals surface area (Å²) in [6.07, 6.45) is 3.44. The van der Waals surface area contributed by atoms with Crippen LogP contribution in [0.15, 0.2) is 24.5 Å². The molecule has 1 heterocycles. The number of amides is 1. The van der Waals surface area contributed by atoms with Crippen molar-refractivity contribution in [2.45, 2.75) is 46.2 Å². The van der Waals surface area contributed by atoms with Gasteiger partial charge in [-0.3, -0.25) is 9.78 Å². The van der Waals surface area contributed by atoms with E-state index in [1.54, 1.807) is 12.4 Å². The third-order valence-electron chi connectivity index (χ3n) is 3.73. The van der Waals surface area contributed by atoms with Crippen LogP contribution in [0.1, 0.15) is 46.2 Å². The van der Waals surface area contributed by atoms with Gasteiger partial charge >= 0.3 is 0 Å². The number of nitrogens with two attached hydrogens (primary N) is 1.